The van der Waals surface area contributed by atoms with Crippen molar-refractivity contribution in [3.8, 4) is 11.8 Å². The number of fused-ring (bicyclic) bond motifs is 6. The van der Waals surface area contributed by atoms with Gasteiger partial charge in [0, 0.05) is 34.5 Å². The van der Waals surface area contributed by atoms with E-state index in [9.17, 15) is 10.4 Å². The number of allylic oxidation sites excluding steroid dienone is 5. The van der Waals surface area contributed by atoms with Crippen LogP contribution in [0.3, 0.4) is 0 Å². The van der Waals surface area contributed by atoms with Crippen molar-refractivity contribution >= 4 is 22.6 Å². The van der Waals surface area contributed by atoms with Crippen LogP contribution in [-0.4, -0.2) is 27.6 Å². The van der Waals surface area contributed by atoms with Crippen LogP contribution in [0, 0.1) is 11.3 Å². The van der Waals surface area contributed by atoms with Gasteiger partial charge in [-0.25, -0.2) is 0 Å². The Hall–Kier alpha value is -6.71. The predicted octanol–water partition coefficient (Wildman–Crippen LogP) is 8.96. The van der Waals surface area contributed by atoms with E-state index in [0.717, 1.165) is 61.9 Å². The van der Waals surface area contributed by atoms with Crippen molar-refractivity contribution in [2.45, 2.75) is 24.3 Å². The molecule has 51 heavy (non-hydrogen) atoms. The van der Waals surface area contributed by atoms with Crippen LogP contribution in [0.5, 0.6) is 5.75 Å². The van der Waals surface area contributed by atoms with E-state index in [1.807, 2.05) is 91.0 Å². The average Bonchev–Trinajstić information content (AvgIpc) is 4.01. The van der Waals surface area contributed by atoms with Crippen molar-refractivity contribution in [1.29, 1.82) is 5.26 Å². The Morgan fingerprint density at radius 1 is 0.706 bits per heavy atom. The number of hydrogen-bond donors (Lipinski definition) is 3. The summed E-state index contributed by atoms with van der Waals surface area (Å²) in [5, 5.41) is 26.9. The van der Waals surface area contributed by atoms with Crippen LogP contribution in [0.2, 0.25) is 0 Å². The first-order valence-electron chi connectivity index (χ1n) is 17.2. The first-order valence-corrected chi connectivity index (χ1v) is 17.2. The van der Waals surface area contributed by atoms with E-state index < -0.39 is 11.8 Å². The maximum absolute atomic E-state index is 12.4. The molecule has 8 bridgehead atoms. The number of hydrogen-bond acceptors (Lipinski definition) is 5. The number of aromatic nitrogens is 1. The highest BCUT2D eigenvalue weighted by Gasteiger charge is 2.36. The monoisotopic (exact) mass is 659 g/mol. The minimum Gasteiger partial charge on any atom is -0.506 e. The minimum atomic E-state index is -0.507. The van der Waals surface area contributed by atoms with Crippen molar-refractivity contribution in [3.05, 3.63) is 208 Å². The summed E-state index contributed by atoms with van der Waals surface area (Å²) in [6.45, 7) is 0. The van der Waals surface area contributed by atoms with Gasteiger partial charge in [-0.1, -0.05) is 133 Å². The van der Waals surface area contributed by atoms with E-state index >= 15 is 0 Å². The molecule has 244 valence electrons. The molecule has 0 fully saturated rings. The van der Waals surface area contributed by atoms with Gasteiger partial charge in [-0.3, -0.25) is 9.98 Å². The second kappa shape index (κ2) is 12.6. The molecule has 3 unspecified atom stereocenters. The van der Waals surface area contributed by atoms with E-state index in [2.05, 4.69) is 77.1 Å². The van der Waals surface area contributed by atoms with Gasteiger partial charge in [0.1, 0.15) is 17.5 Å². The second-order valence-electron chi connectivity index (χ2n) is 13.0. The van der Waals surface area contributed by atoms with Crippen LogP contribution < -0.4 is 5.32 Å². The van der Waals surface area contributed by atoms with Gasteiger partial charge in [0.05, 0.1) is 40.7 Å². The van der Waals surface area contributed by atoms with E-state index in [0.29, 0.717) is 23.4 Å². The smallest absolute Gasteiger partial charge is 0.142 e. The fourth-order valence-electron chi connectivity index (χ4n) is 7.81. The highest BCUT2D eigenvalue weighted by molar-refractivity contribution is 6.08. The molecule has 3 N–H and O–H groups in total. The van der Waals surface area contributed by atoms with E-state index in [1.54, 1.807) is 0 Å². The third-order valence-corrected chi connectivity index (χ3v) is 10.1. The molecule has 0 saturated carbocycles. The summed E-state index contributed by atoms with van der Waals surface area (Å²) in [6.07, 6.45) is 11.2. The average molecular weight is 660 g/mol. The number of benzene rings is 4. The molecule has 4 aliphatic rings. The van der Waals surface area contributed by atoms with E-state index in [1.165, 1.54) is 0 Å². The highest BCUT2D eigenvalue weighted by atomic mass is 16.3. The van der Waals surface area contributed by atoms with Crippen molar-refractivity contribution in [1.82, 2.24) is 10.3 Å². The molecular formula is C45H33N5O. The quantitative estimate of drug-likeness (QED) is 0.180. The zero-order valence-corrected chi connectivity index (χ0v) is 27.7. The van der Waals surface area contributed by atoms with Gasteiger partial charge in [-0.05, 0) is 40.5 Å². The molecule has 6 nitrogen and oxygen atoms in total. The number of nitrogens with zero attached hydrogens (tertiary/aromatic N) is 3. The lowest BCUT2D eigenvalue weighted by Gasteiger charge is -2.21. The van der Waals surface area contributed by atoms with E-state index in [4.69, 9.17) is 9.98 Å². The van der Waals surface area contributed by atoms with Crippen molar-refractivity contribution < 1.29 is 5.11 Å². The lowest BCUT2D eigenvalue weighted by atomic mass is 9.84. The number of rotatable bonds is 4. The third-order valence-electron chi connectivity index (χ3n) is 10.1. The molecule has 5 heterocycles. The summed E-state index contributed by atoms with van der Waals surface area (Å²) in [7, 11) is 0. The molecular weight excluding hydrogens is 627 g/mol. The van der Waals surface area contributed by atoms with Crippen LogP contribution in [0.25, 0.3) is 11.1 Å². The normalized spacial score (nSPS) is 23.4. The summed E-state index contributed by atoms with van der Waals surface area (Å²) >= 11 is 0. The molecule has 0 spiro atoms. The topological polar surface area (TPSA) is 96.6 Å². The molecule has 9 rings (SSSR count). The summed E-state index contributed by atoms with van der Waals surface area (Å²) in [5.41, 5.74) is 11.7. The Morgan fingerprint density at radius 3 is 2.00 bits per heavy atom. The van der Waals surface area contributed by atoms with Gasteiger partial charge < -0.3 is 15.4 Å². The number of aromatic amines is 1. The van der Waals surface area contributed by atoms with Crippen LogP contribution in [-0.2, 0) is 0 Å². The van der Waals surface area contributed by atoms with Crippen LogP contribution in [0.4, 0.5) is 0 Å². The van der Waals surface area contributed by atoms with Crippen molar-refractivity contribution in [3.63, 3.8) is 0 Å². The predicted molar refractivity (Wildman–Crippen MR) is 203 cm³/mol. The number of nitrogens with one attached hydrogen (secondary N) is 2. The van der Waals surface area contributed by atoms with Gasteiger partial charge in [0.25, 0.3) is 0 Å². The fourth-order valence-corrected chi connectivity index (χ4v) is 7.81. The summed E-state index contributed by atoms with van der Waals surface area (Å²) in [5.74, 6) is -0.875. The molecule has 6 heteroatoms. The Bertz CT molecular complexity index is 2420. The Balaban J connectivity index is 1.35. The lowest BCUT2D eigenvalue weighted by Crippen LogP contribution is -2.24. The summed E-state index contributed by atoms with van der Waals surface area (Å²) < 4.78 is 0. The molecule has 1 aromatic heterocycles. The molecule has 0 radical (unpaired) electrons. The maximum atomic E-state index is 12.4. The number of aliphatic imine (C=N–C) groups is 2. The minimum absolute atomic E-state index is 0.0550. The Kier molecular flexibility index (Phi) is 7.52. The summed E-state index contributed by atoms with van der Waals surface area (Å²) in [6, 6.07) is 43.0. The first-order chi connectivity index (χ1) is 25.2. The van der Waals surface area contributed by atoms with Gasteiger partial charge in [0.2, 0.25) is 0 Å². The lowest BCUT2D eigenvalue weighted by molar-refractivity contribution is 0.462. The molecule has 4 aliphatic heterocycles. The van der Waals surface area contributed by atoms with Crippen LogP contribution in [0.1, 0.15) is 57.5 Å². The van der Waals surface area contributed by atoms with Gasteiger partial charge in [-0.15, -0.1) is 0 Å². The third kappa shape index (κ3) is 5.27. The second-order valence-corrected chi connectivity index (χ2v) is 13.0. The Morgan fingerprint density at radius 2 is 1.33 bits per heavy atom. The standard InChI is InChI=1S/C45H33N5O/c46-27-38-43-41(30-17-9-3-10-18-30)36-25-23-34(48-36)39(28-13-5-1-6-14-28)32-21-22-33(47-32)40(29-15-7-2-8-16-29)35-24-26-37(49-35)42(44(50-38)45(43)51)31-19-11-4-12-20-31/h1-25,32,41-42,47,50-51H,26H2/b39-34-,40-33-. The highest BCUT2D eigenvalue weighted by Crippen LogP contribution is 2.46. The molecule has 3 atom stereocenters. The van der Waals surface area contributed by atoms with Gasteiger partial charge >= 0.3 is 0 Å². The SMILES string of the molecule is N#Cc1[nH]c2c(O)c1C(c1ccccc1)C1=N/C(=C(/c3ccccc3)C3C=C/C(=C(\c4ccccc4)C4=CCC(=N4)C2c2ccccc2)N3)C=C1. The molecule has 5 aromatic rings. The van der Waals surface area contributed by atoms with Crippen molar-refractivity contribution in [2.75, 3.05) is 0 Å². The zero-order valence-electron chi connectivity index (χ0n) is 27.7. The number of aromatic hydroxyl groups is 1. The molecule has 0 amide bonds. The van der Waals surface area contributed by atoms with E-state index in [-0.39, 0.29) is 11.8 Å². The van der Waals surface area contributed by atoms with Crippen LogP contribution >= 0.6 is 0 Å². The molecule has 0 saturated heterocycles. The largest absolute Gasteiger partial charge is 0.506 e. The fraction of sp³-hybridized carbons (Fsp3) is 0.0889. The summed E-state index contributed by atoms with van der Waals surface area (Å²) in [4.78, 5) is 14.1. The van der Waals surface area contributed by atoms with Gasteiger partial charge in [-0.2, -0.15) is 5.26 Å². The zero-order chi connectivity index (χ0) is 34.3. The maximum Gasteiger partial charge on any atom is 0.142 e. The Labute approximate surface area is 296 Å². The molecule has 0 aliphatic carbocycles. The molecule has 4 aromatic carbocycles. The van der Waals surface area contributed by atoms with Gasteiger partial charge in [0.15, 0.2) is 0 Å². The van der Waals surface area contributed by atoms with Crippen LogP contribution in [0.15, 0.2) is 179 Å². The number of nitriles is 1. The first kappa shape index (κ1) is 30.4. The number of H-pyrrole nitrogens is 1. The van der Waals surface area contributed by atoms with Crippen molar-refractivity contribution in [2.24, 2.45) is 9.98 Å².